The van der Waals surface area contributed by atoms with Gasteiger partial charge in [0.15, 0.2) is 12.1 Å². The van der Waals surface area contributed by atoms with Crippen molar-refractivity contribution < 1.29 is 57.6 Å². The quantitative estimate of drug-likeness (QED) is 0.155. The fourth-order valence-electron chi connectivity index (χ4n) is 11.8. The van der Waals surface area contributed by atoms with Crippen LogP contribution in [0.1, 0.15) is 101 Å². The summed E-state index contributed by atoms with van der Waals surface area (Å²) in [6.07, 6.45) is 13.9. The van der Waals surface area contributed by atoms with Crippen LogP contribution in [-0.4, -0.2) is 134 Å². The van der Waals surface area contributed by atoms with Crippen molar-refractivity contribution in [3.05, 3.63) is 71.9 Å². The van der Waals surface area contributed by atoms with Crippen molar-refractivity contribution in [3.8, 4) is 0 Å². The minimum Gasteiger partial charge on any atom is -0.462 e. The maximum Gasteiger partial charge on any atom is 0.316 e. The van der Waals surface area contributed by atoms with E-state index >= 15 is 0 Å². The molecule has 364 valence electrons. The number of aliphatic hydroxyl groups is 2. The molecule has 13 nitrogen and oxygen atoms in total. The molecule has 65 heavy (non-hydrogen) atoms. The minimum absolute atomic E-state index is 0.0460. The maximum atomic E-state index is 14.4. The van der Waals surface area contributed by atoms with Gasteiger partial charge in [-0.1, -0.05) is 82.2 Å². The number of fused-ring (bicyclic) bond motifs is 2. The van der Waals surface area contributed by atoms with Crippen LogP contribution < -0.4 is 5.32 Å². The van der Waals surface area contributed by atoms with Gasteiger partial charge in [-0.2, -0.15) is 0 Å². The van der Waals surface area contributed by atoms with E-state index in [2.05, 4.69) is 71.7 Å². The molecule has 1 aliphatic carbocycles. The molecule has 0 amide bonds. The minimum atomic E-state index is -1.82. The van der Waals surface area contributed by atoms with Gasteiger partial charge >= 0.3 is 5.97 Å². The number of carbonyl (C=O) groups excluding carboxylic acids is 1. The molecule has 20 atom stereocenters. The van der Waals surface area contributed by atoms with Crippen LogP contribution in [0.15, 0.2) is 71.9 Å². The summed E-state index contributed by atoms with van der Waals surface area (Å²) in [6, 6.07) is 0. The summed E-state index contributed by atoms with van der Waals surface area (Å²) < 4.78 is 59.0. The lowest BCUT2D eigenvalue weighted by molar-refractivity contribution is -0.300. The van der Waals surface area contributed by atoms with Gasteiger partial charge in [0.2, 0.25) is 0 Å². The number of hydrogen-bond donors (Lipinski definition) is 3. The molecule has 3 N–H and O–H groups in total. The van der Waals surface area contributed by atoms with E-state index in [1.54, 1.807) is 27.2 Å². The lowest BCUT2D eigenvalue weighted by atomic mass is 9.71. The van der Waals surface area contributed by atoms with Gasteiger partial charge < -0.3 is 58.2 Å². The molecule has 6 aliphatic heterocycles. The summed E-state index contributed by atoms with van der Waals surface area (Å²) in [7, 11) is 3.46. The fraction of sp³-hybridized carbons (Fsp3) is 0.750. The zero-order valence-corrected chi connectivity index (χ0v) is 40.8. The number of carbonyl (C=O) groups is 1. The van der Waals surface area contributed by atoms with Crippen molar-refractivity contribution in [1.29, 1.82) is 0 Å². The van der Waals surface area contributed by atoms with E-state index in [0.717, 1.165) is 12.0 Å². The third kappa shape index (κ3) is 10.00. The topological polar surface area (TPSA) is 153 Å². The first-order valence-corrected chi connectivity index (χ1v) is 24.3. The Morgan fingerprint density at radius 3 is 2.49 bits per heavy atom. The largest absolute Gasteiger partial charge is 0.462 e. The van der Waals surface area contributed by atoms with E-state index in [-0.39, 0.29) is 73.0 Å². The normalized spacial score (nSPS) is 48.5. The maximum absolute atomic E-state index is 14.4. The predicted octanol–water partition coefficient (Wildman–Crippen LogP) is 6.82. The first-order chi connectivity index (χ1) is 30.9. The molecule has 6 heterocycles. The highest BCUT2D eigenvalue weighted by atomic mass is 16.7. The molecule has 2 unspecified atom stereocenters. The summed E-state index contributed by atoms with van der Waals surface area (Å²) in [5.74, 6) is -2.42. The second kappa shape index (κ2) is 20.6. The molecule has 0 saturated carbocycles. The second-order valence-electron chi connectivity index (χ2n) is 20.4. The first-order valence-electron chi connectivity index (χ1n) is 24.3. The number of ether oxygens (including phenoxy) is 9. The smallest absolute Gasteiger partial charge is 0.316 e. The van der Waals surface area contributed by atoms with E-state index in [1.165, 1.54) is 0 Å². The van der Waals surface area contributed by atoms with Crippen molar-refractivity contribution >= 4 is 5.97 Å². The fourth-order valence-corrected chi connectivity index (χ4v) is 11.8. The monoisotopic (exact) mass is 910 g/mol. The van der Waals surface area contributed by atoms with E-state index in [9.17, 15) is 15.0 Å². The number of allylic oxidation sites excluding steroid dienone is 3. The number of methoxy groups -OCH3 is 2. The van der Waals surface area contributed by atoms with Crippen LogP contribution in [-0.2, 0) is 47.4 Å². The SMILES string of the molecule is C=CCN[C@@]1(C)[C@H](C)O[C@@H](O[C@H]2[C@H](C)OC([C@@H]3/C(C)=C/C[C@@H]4C[C@@H](C[C@]5(C=C[C@H](C)[C@@H](C(C)CC)O5)O4)OC(=O)[C@@H]4C=C(C)[C@@H](O)[C@H]5OC/C(=C\C=C\[C@@H]3C)[C@]54O)C[C@@H]2OC)C[C@@H]1OC. The van der Waals surface area contributed by atoms with E-state index in [1.807, 2.05) is 38.2 Å². The number of rotatable bonds is 10. The molecular weight excluding hydrogens is 831 g/mol. The van der Waals surface area contributed by atoms with Crippen molar-refractivity contribution in [2.45, 2.75) is 191 Å². The van der Waals surface area contributed by atoms with Crippen LogP contribution >= 0.6 is 0 Å². The van der Waals surface area contributed by atoms with Crippen molar-refractivity contribution in [2.75, 3.05) is 27.4 Å². The summed E-state index contributed by atoms with van der Waals surface area (Å²) in [6.45, 7) is 23.4. The van der Waals surface area contributed by atoms with E-state index < -0.39 is 59.5 Å². The van der Waals surface area contributed by atoms with Crippen LogP contribution in [0.4, 0.5) is 0 Å². The van der Waals surface area contributed by atoms with Gasteiger partial charge in [-0.05, 0) is 70.1 Å². The van der Waals surface area contributed by atoms with Crippen LogP contribution in [0.2, 0.25) is 0 Å². The summed E-state index contributed by atoms with van der Waals surface area (Å²) >= 11 is 0. The van der Waals surface area contributed by atoms with Gasteiger partial charge in [0.05, 0.1) is 54.9 Å². The van der Waals surface area contributed by atoms with Gasteiger partial charge in [-0.25, -0.2) is 0 Å². The average Bonchev–Trinajstić information content (AvgIpc) is 3.62. The standard InChI is InChI=1S/C52H79NO12/c1-13-22-53-50(10)35(9)61-43(26-42(50)58-12)63-47-34(8)60-40(25-41(47)57-11)44-30(4)16-15-17-36-28-59-48-45(54)33(7)23-39(52(36,48)56)49(55)62-38-24-37(19-18-31(44)5)64-51(27-38)21-20-32(6)46(65-51)29(3)14-2/h13,15-18,20-21,23,29-30,32,34-35,37-48,53-54,56H,1,14,19,22,24-28H2,2-12H3/b16-15+,31-18+,36-17+/t29?,30-,32-,34-,35-,37+,38-,39-,40?,41-,42-,43-,44-,45+,46+,47-,48+,50-,51+,52+/m0/s1. The van der Waals surface area contributed by atoms with Crippen molar-refractivity contribution in [2.24, 2.45) is 29.6 Å². The Labute approximate surface area is 387 Å². The number of aliphatic hydroxyl groups excluding tert-OH is 1. The van der Waals surface area contributed by atoms with Crippen LogP contribution in [0.25, 0.3) is 0 Å². The third-order valence-electron chi connectivity index (χ3n) is 16.1. The molecule has 7 aliphatic rings. The highest BCUT2D eigenvalue weighted by molar-refractivity contribution is 5.78. The molecule has 2 bridgehead atoms. The Morgan fingerprint density at radius 2 is 1.78 bits per heavy atom. The lowest BCUT2D eigenvalue weighted by Crippen LogP contribution is -2.65. The van der Waals surface area contributed by atoms with Gasteiger partial charge in [-0.15, -0.1) is 6.58 Å². The van der Waals surface area contributed by atoms with Gasteiger partial charge in [0, 0.05) is 58.3 Å². The Kier molecular flexibility index (Phi) is 16.0. The predicted molar refractivity (Wildman–Crippen MR) is 247 cm³/mol. The first kappa shape index (κ1) is 50.3. The zero-order valence-electron chi connectivity index (χ0n) is 40.8. The van der Waals surface area contributed by atoms with Crippen LogP contribution in [0.3, 0.4) is 0 Å². The molecule has 1 spiro atoms. The number of hydrogen-bond acceptors (Lipinski definition) is 13. The average molecular weight is 910 g/mol. The molecule has 4 fully saturated rings. The van der Waals surface area contributed by atoms with Gasteiger partial charge in [0.1, 0.15) is 35.9 Å². The summed E-state index contributed by atoms with van der Waals surface area (Å²) in [4.78, 5) is 14.4. The molecule has 0 aromatic carbocycles. The molecule has 0 aromatic rings. The Bertz CT molecular complexity index is 1850. The molecular formula is C52H79NO12. The second-order valence-corrected chi connectivity index (χ2v) is 20.4. The van der Waals surface area contributed by atoms with Crippen LogP contribution in [0.5, 0.6) is 0 Å². The number of nitrogens with one attached hydrogen (secondary N) is 1. The number of esters is 1. The highest BCUT2D eigenvalue weighted by Crippen LogP contribution is 2.48. The van der Waals surface area contributed by atoms with E-state index in [4.69, 9.17) is 42.6 Å². The Hall–Kier alpha value is -2.53. The molecule has 13 heteroatoms. The Balaban J connectivity index is 1.20. The molecule has 0 aromatic heterocycles. The lowest BCUT2D eigenvalue weighted by Gasteiger charge is -2.50. The zero-order chi connectivity index (χ0) is 47.0. The summed E-state index contributed by atoms with van der Waals surface area (Å²) in [5, 5.41) is 27.4. The van der Waals surface area contributed by atoms with Gasteiger partial charge in [-0.3, -0.25) is 4.79 Å². The van der Waals surface area contributed by atoms with Crippen molar-refractivity contribution in [1.82, 2.24) is 5.32 Å². The van der Waals surface area contributed by atoms with E-state index in [0.29, 0.717) is 49.8 Å². The van der Waals surface area contributed by atoms with Gasteiger partial charge in [0.25, 0.3) is 0 Å². The summed E-state index contributed by atoms with van der Waals surface area (Å²) in [5.41, 5.74) is -0.0546. The Morgan fingerprint density at radius 1 is 1.02 bits per heavy atom. The van der Waals surface area contributed by atoms with Crippen molar-refractivity contribution in [3.63, 3.8) is 0 Å². The highest BCUT2D eigenvalue weighted by Gasteiger charge is 2.60. The van der Waals surface area contributed by atoms with Crippen LogP contribution in [0, 0.1) is 29.6 Å². The molecule has 4 saturated heterocycles. The third-order valence-corrected chi connectivity index (χ3v) is 16.1. The molecule has 7 rings (SSSR count). The molecule has 0 radical (unpaired) electrons.